The number of hydrogen-bond acceptors (Lipinski definition) is 3. The van der Waals surface area contributed by atoms with Crippen molar-refractivity contribution < 1.29 is 13.2 Å². The van der Waals surface area contributed by atoms with Crippen LogP contribution in [-0.4, -0.2) is 36.7 Å². The maximum Gasteiger partial charge on any atom is 0.243 e. The van der Waals surface area contributed by atoms with Crippen molar-refractivity contribution >= 4 is 44.1 Å². The summed E-state index contributed by atoms with van der Waals surface area (Å²) in [6.07, 6.45) is 3.11. The molecule has 0 radical (unpaired) electrons. The van der Waals surface area contributed by atoms with Crippen LogP contribution in [0.1, 0.15) is 12.8 Å². The second-order valence-corrected chi connectivity index (χ2v) is 9.26. The number of anilines is 1. The highest BCUT2D eigenvalue weighted by molar-refractivity contribution is 7.89. The highest BCUT2D eigenvalue weighted by Crippen LogP contribution is 2.27. The van der Waals surface area contributed by atoms with E-state index in [4.69, 9.17) is 11.6 Å². The zero-order chi connectivity index (χ0) is 19.7. The third kappa shape index (κ3) is 3.65. The number of benzene rings is 2. The zero-order valence-corrected chi connectivity index (χ0v) is 16.6. The summed E-state index contributed by atoms with van der Waals surface area (Å²) in [6, 6.07) is 13.7. The number of amides is 1. The maximum atomic E-state index is 12.9. The van der Waals surface area contributed by atoms with Gasteiger partial charge in [-0.25, -0.2) is 8.42 Å². The predicted octanol–water partition coefficient (Wildman–Crippen LogP) is 3.86. The van der Waals surface area contributed by atoms with E-state index in [9.17, 15) is 13.2 Å². The molecule has 1 amide bonds. The van der Waals surface area contributed by atoms with E-state index in [2.05, 4.69) is 10.3 Å². The van der Waals surface area contributed by atoms with Gasteiger partial charge in [-0.2, -0.15) is 4.31 Å². The third-order valence-electron chi connectivity index (χ3n) is 5.06. The van der Waals surface area contributed by atoms with Crippen LogP contribution in [0.25, 0.3) is 10.9 Å². The number of rotatable bonds is 4. The van der Waals surface area contributed by atoms with Crippen LogP contribution in [0.3, 0.4) is 0 Å². The number of piperidine rings is 1. The molecule has 0 saturated carbocycles. The molecule has 0 aliphatic carbocycles. The van der Waals surface area contributed by atoms with Gasteiger partial charge in [0.15, 0.2) is 0 Å². The minimum absolute atomic E-state index is 0.162. The number of fused-ring (bicyclic) bond motifs is 1. The first kappa shape index (κ1) is 19.0. The van der Waals surface area contributed by atoms with Crippen molar-refractivity contribution in [1.29, 1.82) is 0 Å². The largest absolute Gasteiger partial charge is 0.361 e. The summed E-state index contributed by atoms with van der Waals surface area (Å²) >= 11 is 5.86. The van der Waals surface area contributed by atoms with Crippen LogP contribution >= 0.6 is 11.6 Å². The number of hydrogen-bond donors (Lipinski definition) is 2. The quantitative estimate of drug-likeness (QED) is 0.676. The van der Waals surface area contributed by atoms with Crippen LogP contribution in [-0.2, 0) is 14.8 Å². The van der Waals surface area contributed by atoms with E-state index in [1.807, 2.05) is 30.5 Å². The Morgan fingerprint density at radius 3 is 2.71 bits per heavy atom. The van der Waals surface area contributed by atoms with E-state index in [-0.39, 0.29) is 17.3 Å². The maximum absolute atomic E-state index is 12.9. The lowest BCUT2D eigenvalue weighted by Crippen LogP contribution is -2.43. The summed E-state index contributed by atoms with van der Waals surface area (Å²) in [7, 11) is -3.65. The van der Waals surface area contributed by atoms with E-state index in [0.29, 0.717) is 24.4 Å². The highest BCUT2D eigenvalue weighted by Gasteiger charge is 2.33. The Bertz CT molecular complexity index is 1110. The van der Waals surface area contributed by atoms with E-state index < -0.39 is 15.9 Å². The van der Waals surface area contributed by atoms with Crippen LogP contribution in [0.5, 0.6) is 0 Å². The normalized spacial score (nSPS) is 18.2. The van der Waals surface area contributed by atoms with Gasteiger partial charge in [0.1, 0.15) is 0 Å². The van der Waals surface area contributed by atoms with Gasteiger partial charge < -0.3 is 10.3 Å². The third-order valence-corrected chi connectivity index (χ3v) is 7.19. The molecule has 1 fully saturated rings. The van der Waals surface area contributed by atoms with E-state index in [1.165, 1.54) is 16.4 Å². The van der Waals surface area contributed by atoms with Crippen LogP contribution in [0.2, 0.25) is 5.02 Å². The average molecular weight is 418 g/mol. The lowest BCUT2D eigenvalue weighted by atomic mass is 9.98. The Balaban J connectivity index is 1.51. The van der Waals surface area contributed by atoms with Gasteiger partial charge in [0.2, 0.25) is 15.9 Å². The molecule has 28 heavy (non-hydrogen) atoms. The number of carbonyl (C=O) groups is 1. The van der Waals surface area contributed by atoms with Crippen LogP contribution in [0.15, 0.2) is 59.6 Å². The number of nitrogens with one attached hydrogen (secondary N) is 2. The van der Waals surface area contributed by atoms with Gasteiger partial charge in [-0.05, 0) is 55.3 Å². The molecular weight excluding hydrogens is 398 g/mol. The molecule has 1 aromatic heterocycles. The molecule has 146 valence electrons. The van der Waals surface area contributed by atoms with Crippen molar-refractivity contribution in [3.63, 3.8) is 0 Å². The molecule has 1 saturated heterocycles. The first-order valence-corrected chi connectivity index (χ1v) is 10.9. The zero-order valence-electron chi connectivity index (χ0n) is 15.1. The molecule has 2 N–H and O–H groups in total. The molecule has 1 aliphatic rings. The summed E-state index contributed by atoms with van der Waals surface area (Å²) in [5.41, 5.74) is 1.66. The van der Waals surface area contributed by atoms with Crippen molar-refractivity contribution in [1.82, 2.24) is 9.29 Å². The van der Waals surface area contributed by atoms with Gasteiger partial charge in [-0.3, -0.25) is 4.79 Å². The topological polar surface area (TPSA) is 82.3 Å². The van der Waals surface area contributed by atoms with Crippen LogP contribution < -0.4 is 5.32 Å². The summed E-state index contributed by atoms with van der Waals surface area (Å²) < 4.78 is 27.2. The number of halogens is 1. The molecule has 1 atom stereocenters. The van der Waals surface area contributed by atoms with Gasteiger partial charge in [0.05, 0.1) is 16.5 Å². The van der Waals surface area contributed by atoms with E-state index in [1.54, 1.807) is 12.1 Å². The molecule has 0 bridgehead atoms. The molecule has 1 aliphatic heterocycles. The molecule has 2 heterocycles. The lowest BCUT2D eigenvalue weighted by molar-refractivity contribution is -0.120. The first-order valence-electron chi connectivity index (χ1n) is 9.08. The van der Waals surface area contributed by atoms with Crippen LogP contribution in [0.4, 0.5) is 5.69 Å². The Labute approximate surface area is 168 Å². The number of aromatic amines is 1. The van der Waals surface area contributed by atoms with Gasteiger partial charge in [0.25, 0.3) is 0 Å². The molecule has 6 nitrogen and oxygen atoms in total. The summed E-state index contributed by atoms with van der Waals surface area (Å²) in [4.78, 5) is 16.1. The fourth-order valence-corrected chi connectivity index (χ4v) is 5.21. The minimum atomic E-state index is -3.65. The standard InChI is InChI=1S/C20H20ClN3O3S/c21-15-6-8-16(9-7-15)28(26,27)24-12-2-3-14(13-24)20(25)23-19-5-1-4-18-17(19)10-11-22-18/h1,4-11,14,22H,2-3,12-13H2,(H,23,25). The second-order valence-electron chi connectivity index (χ2n) is 6.89. The molecule has 3 aromatic rings. The fraction of sp³-hybridized carbons (Fsp3) is 0.250. The highest BCUT2D eigenvalue weighted by atomic mass is 35.5. The molecule has 0 spiro atoms. The molecule has 8 heteroatoms. The fourth-order valence-electron chi connectivity index (χ4n) is 3.56. The van der Waals surface area contributed by atoms with E-state index in [0.717, 1.165) is 16.6 Å². The molecule has 2 aromatic carbocycles. The van der Waals surface area contributed by atoms with Crippen molar-refractivity contribution in [2.75, 3.05) is 18.4 Å². The monoisotopic (exact) mass is 417 g/mol. The smallest absolute Gasteiger partial charge is 0.243 e. The number of aromatic nitrogens is 1. The minimum Gasteiger partial charge on any atom is -0.361 e. The van der Waals surface area contributed by atoms with Crippen molar-refractivity contribution in [2.24, 2.45) is 5.92 Å². The number of carbonyl (C=O) groups excluding carboxylic acids is 1. The van der Waals surface area contributed by atoms with Gasteiger partial charge in [-0.1, -0.05) is 17.7 Å². The number of sulfonamides is 1. The number of H-pyrrole nitrogens is 1. The summed E-state index contributed by atoms with van der Waals surface area (Å²) in [5, 5.41) is 4.37. The summed E-state index contributed by atoms with van der Waals surface area (Å²) in [6.45, 7) is 0.571. The molecular formula is C20H20ClN3O3S. The average Bonchev–Trinajstić information content (AvgIpc) is 3.18. The van der Waals surface area contributed by atoms with Crippen LogP contribution in [0, 0.1) is 5.92 Å². The Hall–Kier alpha value is -2.35. The lowest BCUT2D eigenvalue weighted by Gasteiger charge is -2.31. The molecule has 4 rings (SSSR count). The van der Waals surface area contributed by atoms with Crippen molar-refractivity contribution in [3.05, 3.63) is 59.8 Å². The van der Waals surface area contributed by atoms with Crippen molar-refractivity contribution in [3.8, 4) is 0 Å². The first-order chi connectivity index (χ1) is 13.4. The number of nitrogens with zero attached hydrogens (tertiary/aromatic N) is 1. The van der Waals surface area contributed by atoms with Gasteiger partial charge >= 0.3 is 0 Å². The van der Waals surface area contributed by atoms with Gasteiger partial charge in [-0.15, -0.1) is 0 Å². The predicted molar refractivity (Wildman–Crippen MR) is 110 cm³/mol. The molecule has 1 unspecified atom stereocenters. The second kappa shape index (κ2) is 7.58. The van der Waals surface area contributed by atoms with Gasteiger partial charge in [0, 0.05) is 35.2 Å². The Morgan fingerprint density at radius 1 is 1.14 bits per heavy atom. The van der Waals surface area contributed by atoms with E-state index >= 15 is 0 Å². The van der Waals surface area contributed by atoms with Crippen molar-refractivity contribution in [2.45, 2.75) is 17.7 Å². The Morgan fingerprint density at radius 2 is 1.93 bits per heavy atom. The SMILES string of the molecule is O=C(Nc1cccc2[nH]ccc12)C1CCCN(S(=O)(=O)c2ccc(Cl)cc2)C1. The summed E-state index contributed by atoms with van der Waals surface area (Å²) in [5.74, 6) is -0.560. The Kier molecular flexibility index (Phi) is 5.14.